The summed E-state index contributed by atoms with van der Waals surface area (Å²) in [5.41, 5.74) is 0.880. The van der Waals surface area contributed by atoms with E-state index in [4.69, 9.17) is 4.74 Å². The van der Waals surface area contributed by atoms with Gasteiger partial charge in [0.05, 0.1) is 12.7 Å². The number of aliphatic hydroxyl groups excluding tert-OH is 1. The second-order valence-electron chi connectivity index (χ2n) is 10.0. The molecule has 0 bridgehead atoms. The van der Waals surface area contributed by atoms with Crippen molar-refractivity contribution >= 4 is 0 Å². The highest BCUT2D eigenvalue weighted by atomic mass is 16.5. The van der Waals surface area contributed by atoms with Gasteiger partial charge in [-0.15, -0.1) is 0 Å². The molecule has 0 amide bonds. The third-order valence-electron chi connectivity index (χ3n) is 9.35. The van der Waals surface area contributed by atoms with Gasteiger partial charge in [-0.25, -0.2) is 0 Å². The van der Waals surface area contributed by atoms with Gasteiger partial charge < -0.3 is 9.84 Å². The molecular formula is C22H38O2. The van der Waals surface area contributed by atoms with Gasteiger partial charge in [-0.3, -0.25) is 0 Å². The van der Waals surface area contributed by atoms with Crippen LogP contribution in [0.25, 0.3) is 0 Å². The first-order valence-electron chi connectivity index (χ1n) is 10.7. The second-order valence-corrected chi connectivity index (χ2v) is 10.0. The zero-order valence-electron chi connectivity index (χ0n) is 16.1. The van der Waals surface area contributed by atoms with E-state index in [1.807, 2.05) is 14.0 Å². The van der Waals surface area contributed by atoms with E-state index >= 15 is 0 Å². The highest BCUT2D eigenvalue weighted by Gasteiger charge is 2.61. The number of hydrogen-bond acceptors (Lipinski definition) is 2. The quantitative estimate of drug-likeness (QED) is 0.783. The summed E-state index contributed by atoms with van der Waals surface area (Å²) in [4.78, 5) is 0. The molecule has 0 heterocycles. The number of hydrogen-bond donors (Lipinski definition) is 1. The fourth-order valence-electron chi connectivity index (χ4n) is 8.45. The van der Waals surface area contributed by atoms with E-state index in [0.717, 1.165) is 30.3 Å². The van der Waals surface area contributed by atoms with Crippen LogP contribution in [0.3, 0.4) is 0 Å². The Morgan fingerprint density at radius 1 is 1.00 bits per heavy atom. The Bertz CT molecular complexity index is 457. The van der Waals surface area contributed by atoms with Crippen molar-refractivity contribution in [3.8, 4) is 0 Å². The van der Waals surface area contributed by atoms with Crippen LogP contribution in [0.5, 0.6) is 0 Å². The van der Waals surface area contributed by atoms with Crippen LogP contribution in [0, 0.1) is 40.4 Å². The highest BCUT2D eigenvalue weighted by molar-refractivity contribution is 5.10. The number of rotatable bonds is 3. The molecule has 2 heteroatoms. The first kappa shape index (κ1) is 17.3. The summed E-state index contributed by atoms with van der Waals surface area (Å²) in [5.74, 6) is 4.10. The average molecular weight is 335 g/mol. The summed E-state index contributed by atoms with van der Waals surface area (Å²) in [5, 5.41) is 10.4. The van der Waals surface area contributed by atoms with Crippen LogP contribution in [0.1, 0.15) is 78.1 Å². The van der Waals surface area contributed by atoms with Crippen molar-refractivity contribution in [1.29, 1.82) is 0 Å². The van der Waals surface area contributed by atoms with Crippen molar-refractivity contribution in [1.82, 2.24) is 0 Å². The maximum atomic E-state index is 10.4. The fourth-order valence-corrected chi connectivity index (χ4v) is 8.45. The minimum absolute atomic E-state index is 0.129. The minimum Gasteiger partial charge on any atom is -0.393 e. The molecule has 4 aliphatic rings. The van der Waals surface area contributed by atoms with E-state index in [0.29, 0.717) is 16.7 Å². The molecule has 0 aliphatic heterocycles. The summed E-state index contributed by atoms with van der Waals surface area (Å²) >= 11 is 0. The average Bonchev–Trinajstić information content (AvgIpc) is 2.92. The normalized spacial score (nSPS) is 52.2. The maximum Gasteiger partial charge on any atom is 0.0545 e. The Kier molecular flexibility index (Phi) is 4.53. The Labute approximate surface area is 148 Å². The summed E-state index contributed by atoms with van der Waals surface area (Å²) in [7, 11) is 1.93. The third kappa shape index (κ3) is 2.35. The molecule has 4 aliphatic carbocycles. The highest BCUT2D eigenvalue weighted by Crippen LogP contribution is 2.67. The van der Waals surface area contributed by atoms with E-state index in [-0.39, 0.29) is 6.10 Å². The van der Waals surface area contributed by atoms with E-state index in [1.54, 1.807) is 0 Å². The molecule has 1 N–H and O–H groups in total. The van der Waals surface area contributed by atoms with E-state index in [1.165, 1.54) is 64.2 Å². The molecule has 0 aromatic heterocycles. The molecule has 0 radical (unpaired) electrons. The molecule has 0 aromatic carbocycles. The molecule has 4 rings (SSSR count). The largest absolute Gasteiger partial charge is 0.393 e. The molecule has 2 nitrogen and oxygen atoms in total. The molecule has 138 valence electrons. The first-order chi connectivity index (χ1) is 11.5. The van der Waals surface area contributed by atoms with Gasteiger partial charge in [0, 0.05) is 7.11 Å². The number of fused-ring (bicyclic) bond motifs is 5. The number of aliphatic hydroxyl groups is 1. The monoisotopic (exact) mass is 334 g/mol. The predicted molar refractivity (Wildman–Crippen MR) is 97.7 cm³/mol. The summed E-state index contributed by atoms with van der Waals surface area (Å²) in [6, 6.07) is 0. The first-order valence-corrected chi connectivity index (χ1v) is 10.7. The standard InChI is InChI=1S/C22H38O2/c1-15(23)18-9-10-19-17-8-7-16-6-4-5-12-22(16,14-24-3)20(17)11-13-21(18,19)2/h15-20,23H,4-14H2,1-3H3. The van der Waals surface area contributed by atoms with Crippen LogP contribution in [0.15, 0.2) is 0 Å². The van der Waals surface area contributed by atoms with Crippen LogP contribution >= 0.6 is 0 Å². The molecule has 8 atom stereocenters. The van der Waals surface area contributed by atoms with Crippen LogP contribution in [-0.2, 0) is 4.74 Å². The Balaban J connectivity index is 1.64. The van der Waals surface area contributed by atoms with Gasteiger partial charge in [-0.2, -0.15) is 0 Å². The molecule has 24 heavy (non-hydrogen) atoms. The SMILES string of the molecule is COCC12CCCCC1CCC1C3CCC(C(C)O)C3(C)CCC12. The summed E-state index contributed by atoms with van der Waals surface area (Å²) in [6.07, 6.45) is 13.8. The number of methoxy groups -OCH3 is 1. The van der Waals surface area contributed by atoms with Crippen molar-refractivity contribution in [2.75, 3.05) is 13.7 Å². The van der Waals surface area contributed by atoms with E-state index in [2.05, 4.69) is 6.92 Å². The summed E-state index contributed by atoms with van der Waals surface area (Å²) < 4.78 is 5.85. The van der Waals surface area contributed by atoms with Gasteiger partial charge in [0.1, 0.15) is 0 Å². The lowest BCUT2D eigenvalue weighted by Crippen LogP contribution is -2.56. The molecule has 4 fully saturated rings. The Morgan fingerprint density at radius 2 is 1.83 bits per heavy atom. The molecule has 8 unspecified atom stereocenters. The maximum absolute atomic E-state index is 10.4. The smallest absolute Gasteiger partial charge is 0.0545 e. The fraction of sp³-hybridized carbons (Fsp3) is 1.00. The lowest BCUT2D eigenvalue weighted by atomic mass is 9.44. The second kappa shape index (κ2) is 6.27. The molecular weight excluding hydrogens is 296 g/mol. The number of ether oxygens (including phenoxy) is 1. The topological polar surface area (TPSA) is 29.5 Å². The van der Waals surface area contributed by atoms with Crippen molar-refractivity contribution in [2.24, 2.45) is 40.4 Å². The van der Waals surface area contributed by atoms with Crippen LogP contribution in [0.4, 0.5) is 0 Å². The lowest BCUT2D eigenvalue weighted by Gasteiger charge is -2.61. The van der Waals surface area contributed by atoms with Gasteiger partial charge in [0.2, 0.25) is 0 Å². The van der Waals surface area contributed by atoms with E-state index in [9.17, 15) is 5.11 Å². The molecule has 0 saturated heterocycles. The molecule has 0 spiro atoms. The zero-order valence-corrected chi connectivity index (χ0v) is 16.1. The minimum atomic E-state index is -0.129. The van der Waals surface area contributed by atoms with Gasteiger partial charge in [0.25, 0.3) is 0 Å². The van der Waals surface area contributed by atoms with Gasteiger partial charge >= 0.3 is 0 Å². The zero-order chi connectivity index (χ0) is 16.9. The van der Waals surface area contributed by atoms with Crippen LogP contribution in [-0.4, -0.2) is 24.9 Å². The van der Waals surface area contributed by atoms with Gasteiger partial charge in [-0.1, -0.05) is 19.8 Å². The molecule has 0 aromatic rings. The van der Waals surface area contributed by atoms with Gasteiger partial charge in [0.15, 0.2) is 0 Å². The third-order valence-corrected chi connectivity index (χ3v) is 9.35. The lowest BCUT2D eigenvalue weighted by molar-refractivity contribution is -0.149. The van der Waals surface area contributed by atoms with Crippen molar-refractivity contribution in [3.63, 3.8) is 0 Å². The van der Waals surface area contributed by atoms with Crippen molar-refractivity contribution in [2.45, 2.75) is 84.2 Å². The van der Waals surface area contributed by atoms with Crippen LogP contribution < -0.4 is 0 Å². The molecule has 4 saturated carbocycles. The summed E-state index contributed by atoms with van der Waals surface area (Å²) in [6.45, 7) is 5.56. The Morgan fingerprint density at radius 3 is 2.58 bits per heavy atom. The Hall–Kier alpha value is -0.0800. The van der Waals surface area contributed by atoms with Gasteiger partial charge in [-0.05, 0) is 98.7 Å². The van der Waals surface area contributed by atoms with Crippen molar-refractivity contribution in [3.05, 3.63) is 0 Å². The van der Waals surface area contributed by atoms with Crippen molar-refractivity contribution < 1.29 is 9.84 Å². The van der Waals surface area contributed by atoms with Crippen LogP contribution in [0.2, 0.25) is 0 Å². The van der Waals surface area contributed by atoms with E-state index < -0.39 is 0 Å². The predicted octanol–water partition coefficient (Wildman–Crippen LogP) is 5.04.